The topological polar surface area (TPSA) is 89.8 Å². The molecule has 136 valence electrons. The van der Waals surface area contributed by atoms with Gasteiger partial charge in [-0.1, -0.05) is 35.3 Å². The van der Waals surface area contributed by atoms with Crippen LogP contribution in [0.15, 0.2) is 36.4 Å². The van der Waals surface area contributed by atoms with Crippen LogP contribution in [0.25, 0.3) is 0 Å². The molecule has 0 N–H and O–H groups in total. The Hall–Kier alpha value is -2.64. The lowest BCUT2D eigenvalue weighted by Gasteiger charge is -2.18. The summed E-state index contributed by atoms with van der Waals surface area (Å²) in [5.41, 5.74) is 0.138. The number of nitro benzene ring substituents is 1. The summed E-state index contributed by atoms with van der Waals surface area (Å²) in [7, 11) is 2.66. The van der Waals surface area contributed by atoms with E-state index in [0.29, 0.717) is 15.6 Å². The van der Waals surface area contributed by atoms with Crippen LogP contribution in [0.4, 0.5) is 5.69 Å². The number of carbonyl (C=O) groups is 2. The molecule has 0 aliphatic carbocycles. The number of rotatable bonds is 5. The maximum Gasteiger partial charge on any atom is 0.338 e. The Morgan fingerprint density at radius 1 is 1.19 bits per heavy atom. The average Bonchev–Trinajstić information content (AvgIpc) is 2.63. The maximum absolute atomic E-state index is 12.7. The molecule has 7 nitrogen and oxygen atoms in total. The molecule has 1 amide bonds. The summed E-state index contributed by atoms with van der Waals surface area (Å²) in [5, 5.41) is 11.8. The molecule has 0 saturated heterocycles. The molecule has 0 fully saturated rings. The summed E-state index contributed by atoms with van der Waals surface area (Å²) in [5.74, 6) is -1.29. The van der Waals surface area contributed by atoms with Crippen molar-refractivity contribution >= 4 is 40.8 Å². The molecule has 0 aliphatic rings. The molecule has 9 heteroatoms. The highest BCUT2D eigenvalue weighted by Gasteiger charge is 2.21. The lowest BCUT2D eigenvalue weighted by atomic mass is 10.1. The first-order chi connectivity index (χ1) is 12.2. The summed E-state index contributed by atoms with van der Waals surface area (Å²) < 4.78 is 4.57. The van der Waals surface area contributed by atoms with Crippen LogP contribution in [0.1, 0.15) is 26.3 Å². The largest absolute Gasteiger partial charge is 0.465 e. The number of methoxy groups -OCH3 is 1. The minimum Gasteiger partial charge on any atom is -0.465 e. The van der Waals surface area contributed by atoms with E-state index in [-0.39, 0.29) is 23.4 Å². The third-order valence-electron chi connectivity index (χ3n) is 3.58. The van der Waals surface area contributed by atoms with Crippen molar-refractivity contribution in [1.29, 1.82) is 0 Å². The predicted molar refractivity (Wildman–Crippen MR) is 96.7 cm³/mol. The highest BCUT2D eigenvalue weighted by molar-refractivity contribution is 6.42. The van der Waals surface area contributed by atoms with Gasteiger partial charge < -0.3 is 9.64 Å². The summed E-state index contributed by atoms with van der Waals surface area (Å²) in [6, 6.07) is 8.44. The lowest BCUT2D eigenvalue weighted by Crippen LogP contribution is -2.26. The van der Waals surface area contributed by atoms with Gasteiger partial charge in [0.15, 0.2) is 0 Å². The monoisotopic (exact) mass is 396 g/mol. The van der Waals surface area contributed by atoms with Crippen LogP contribution >= 0.6 is 23.2 Å². The Kier molecular flexibility index (Phi) is 6.18. The Balaban J connectivity index is 2.35. The molecule has 0 atom stereocenters. The van der Waals surface area contributed by atoms with Crippen LogP contribution < -0.4 is 0 Å². The molecular weight excluding hydrogens is 383 g/mol. The van der Waals surface area contributed by atoms with Crippen molar-refractivity contribution < 1.29 is 19.2 Å². The Morgan fingerprint density at radius 3 is 2.46 bits per heavy atom. The van der Waals surface area contributed by atoms with Gasteiger partial charge in [-0.2, -0.15) is 0 Å². The quantitative estimate of drug-likeness (QED) is 0.433. The van der Waals surface area contributed by atoms with E-state index in [4.69, 9.17) is 23.2 Å². The zero-order valence-electron chi connectivity index (χ0n) is 13.9. The van der Waals surface area contributed by atoms with Gasteiger partial charge in [0.2, 0.25) is 0 Å². The fraction of sp³-hybridized carbons (Fsp3) is 0.176. The van der Waals surface area contributed by atoms with Gasteiger partial charge in [0, 0.05) is 31.3 Å². The molecule has 2 aromatic carbocycles. The number of amides is 1. The number of non-ortho nitro benzene ring substituents is 1. The second-order valence-corrected chi connectivity index (χ2v) is 6.18. The number of nitrogens with zero attached hydrogens (tertiary/aromatic N) is 2. The van der Waals surface area contributed by atoms with Gasteiger partial charge in [0.25, 0.3) is 11.6 Å². The third kappa shape index (κ3) is 4.30. The molecule has 0 radical (unpaired) electrons. The Morgan fingerprint density at radius 2 is 1.85 bits per heavy atom. The van der Waals surface area contributed by atoms with E-state index in [1.807, 2.05) is 0 Å². The first-order valence-electron chi connectivity index (χ1n) is 7.30. The summed E-state index contributed by atoms with van der Waals surface area (Å²) in [6.07, 6.45) is 0. The van der Waals surface area contributed by atoms with Crippen LogP contribution in [0, 0.1) is 10.1 Å². The van der Waals surface area contributed by atoms with Crippen molar-refractivity contribution in [2.45, 2.75) is 6.54 Å². The molecule has 0 heterocycles. The van der Waals surface area contributed by atoms with Crippen LogP contribution in [-0.4, -0.2) is 35.9 Å². The third-order valence-corrected chi connectivity index (χ3v) is 4.44. The van der Waals surface area contributed by atoms with Crippen molar-refractivity contribution in [1.82, 2.24) is 4.90 Å². The zero-order valence-corrected chi connectivity index (χ0v) is 15.4. The summed E-state index contributed by atoms with van der Waals surface area (Å²) in [6.45, 7) is 0.133. The number of esters is 1. The van der Waals surface area contributed by atoms with Crippen LogP contribution in [-0.2, 0) is 11.3 Å². The number of hydrogen-bond donors (Lipinski definition) is 0. The van der Waals surface area contributed by atoms with Gasteiger partial charge in [-0.3, -0.25) is 14.9 Å². The van der Waals surface area contributed by atoms with E-state index < -0.39 is 16.8 Å². The van der Waals surface area contributed by atoms with E-state index in [0.717, 1.165) is 19.2 Å². The molecule has 0 spiro atoms. The van der Waals surface area contributed by atoms with Crippen LogP contribution in [0.2, 0.25) is 10.0 Å². The van der Waals surface area contributed by atoms with Gasteiger partial charge >= 0.3 is 5.97 Å². The smallest absolute Gasteiger partial charge is 0.338 e. The van der Waals surface area contributed by atoms with Gasteiger partial charge in [0.05, 0.1) is 27.6 Å². The molecule has 2 rings (SSSR count). The fourth-order valence-electron chi connectivity index (χ4n) is 2.29. The van der Waals surface area contributed by atoms with E-state index >= 15 is 0 Å². The molecule has 0 bridgehead atoms. The van der Waals surface area contributed by atoms with Gasteiger partial charge in [-0.25, -0.2) is 4.79 Å². The van der Waals surface area contributed by atoms with Crippen molar-refractivity contribution in [2.24, 2.45) is 0 Å². The van der Waals surface area contributed by atoms with E-state index in [1.54, 1.807) is 18.2 Å². The standard InChI is InChI=1S/C17H14Cl2N2O5/c1-20(9-10-4-3-5-14(18)15(10)19)16(22)11-6-12(17(23)26-2)8-13(7-11)21(24)25/h3-8H,9H2,1-2H3. The average molecular weight is 397 g/mol. The molecule has 26 heavy (non-hydrogen) atoms. The molecule has 2 aromatic rings. The Bertz CT molecular complexity index is 885. The van der Waals surface area contributed by atoms with Gasteiger partial charge in [0.1, 0.15) is 0 Å². The number of hydrogen-bond acceptors (Lipinski definition) is 5. The van der Waals surface area contributed by atoms with Crippen molar-refractivity contribution in [3.63, 3.8) is 0 Å². The Labute approximate surface area is 159 Å². The van der Waals surface area contributed by atoms with E-state index in [9.17, 15) is 19.7 Å². The number of benzene rings is 2. The number of nitro groups is 1. The summed E-state index contributed by atoms with van der Waals surface area (Å²) >= 11 is 12.1. The second kappa shape index (κ2) is 8.16. The van der Waals surface area contributed by atoms with E-state index in [1.165, 1.54) is 18.0 Å². The second-order valence-electron chi connectivity index (χ2n) is 5.39. The van der Waals surface area contributed by atoms with Crippen molar-refractivity contribution in [2.75, 3.05) is 14.2 Å². The highest BCUT2D eigenvalue weighted by Crippen LogP contribution is 2.27. The first kappa shape index (κ1) is 19.7. The predicted octanol–water partition coefficient (Wildman–Crippen LogP) is 3.96. The molecule has 0 unspecified atom stereocenters. The first-order valence-corrected chi connectivity index (χ1v) is 8.06. The van der Waals surface area contributed by atoms with Gasteiger partial charge in [-0.15, -0.1) is 0 Å². The zero-order chi connectivity index (χ0) is 19.4. The minimum absolute atomic E-state index is 0.0137. The fourth-order valence-corrected chi connectivity index (χ4v) is 2.67. The minimum atomic E-state index is -0.775. The maximum atomic E-state index is 12.7. The van der Waals surface area contributed by atoms with Crippen molar-refractivity contribution in [3.8, 4) is 0 Å². The lowest BCUT2D eigenvalue weighted by molar-refractivity contribution is -0.384. The number of ether oxygens (including phenoxy) is 1. The summed E-state index contributed by atoms with van der Waals surface area (Å²) in [4.78, 5) is 36.1. The molecule has 0 aliphatic heterocycles. The number of carbonyl (C=O) groups excluding carboxylic acids is 2. The molecule has 0 aromatic heterocycles. The normalized spacial score (nSPS) is 10.3. The van der Waals surface area contributed by atoms with Crippen LogP contribution in [0.5, 0.6) is 0 Å². The van der Waals surface area contributed by atoms with Crippen molar-refractivity contribution in [3.05, 3.63) is 73.2 Å². The molecule has 0 saturated carbocycles. The SMILES string of the molecule is COC(=O)c1cc(C(=O)N(C)Cc2cccc(Cl)c2Cl)cc([N+](=O)[O-])c1. The number of halogens is 2. The highest BCUT2D eigenvalue weighted by atomic mass is 35.5. The molecular formula is C17H14Cl2N2O5. The van der Waals surface area contributed by atoms with Gasteiger partial charge in [-0.05, 0) is 17.7 Å². The van der Waals surface area contributed by atoms with E-state index in [2.05, 4.69) is 4.74 Å². The van der Waals surface area contributed by atoms with Crippen LogP contribution in [0.3, 0.4) is 0 Å².